The summed E-state index contributed by atoms with van der Waals surface area (Å²) >= 11 is 7.88. The molecule has 59 heavy (non-hydrogen) atoms. The highest BCUT2D eigenvalue weighted by molar-refractivity contribution is 9.10. The van der Waals surface area contributed by atoms with Gasteiger partial charge in [0.15, 0.2) is 0 Å². The Morgan fingerprint density at radius 1 is 0.424 bits per heavy atom. The molecule has 0 amide bonds. The van der Waals surface area contributed by atoms with E-state index in [-0.39, 0.29) is 12.2 Å². The van der Waals surface area contributed by atoms with Gasteiger partial charge in [0.05, 0.1) is 0 Å². The maximum atomic E-state index is 7.48. The number of halogens is 2. The average Bonchev–Trinajstić information content (AvgIpc) is 3.29. The number of hydrogen-bond acceptors (Lipinski definition) is 1. The van der Waals surface area contributed by atoms with Gasteiger partial charge in [0.25, 0.3) is 0 Å². The molecule has 0 radical (unpaired) electrons. The van der Waals surface area contributed by atoms with E-state index in [2.05, 4.69) is 143 Å². The highest BCUT2D eigenvalue weighted by atomic mass is 79.9. The Bertz CT molecular complexity index is 1710. The largest absolute Gasteiger partial charge is 0.356 e. The Balaban J connectivity index is 0.963. The quantitative estimate of drug-likeness (QED) is 0.122. The van der Waals surface area contributed by atoms with Crippen molar-refractivity contribution in [2.24, 2.45) is 35.5 Å². The topological polar surface area (TPSA) is 9.23 Å². The Kier molecular flexibility index (Phi) is 15.6. The minimum absolute atomic E-state index is 0.234. The Hall–Kier alpha value is -2.20. The first-order chi connectivity index (χ1) is 29.0. The van der Waals surface area contributed by atoms with Crippen molar-refractivity contribution < 1.29 is 4.74 Å². The molecule has 0 heterocycles. The van der Waals surface area contributed by atoms with Crippen molar-refractivity contribution >= 4 is 31.9 Å². The minimum atomic E-state index is -0.234. The van der Waals surface area contributed by atoms with E-state index < -0.39 is 0 Å². The molecule has 2 atom stereocenters. The lowest BCUT2D eigenvalue weighted by Gasteiger charge is -2.38. The molecule has 4 aromatic rings. The first-order valence-corrected chi connectivity index (χ1v) is 25.9. The van der Waals surface area contributed by atoms with Crippen LogP contribution in [0.5, 0.6) is 0 Å². The standard InChI is InChI=1S/C56H72Br2O/c1-3-9-39-15-19-41(20-16-39)43-23-27-45(28-24-43)47-31-35-49(36-32-47)55(51-11-5-7-13-53(51)57)59-56(52-12-6-8-14-54(52)58)50-37-33-48(34-38-50)46-29-25-44(26-30-46)42-21-17-40(10-4-2)18-22-42/h5-8,11-14,31-46,55-56H,3-4,9-10,15-30H2,1-2H3. The van der Waals surface area contributed by atoms with E-state index in [1.807, 2.05) is 0 Å². The summed E-state index contributed by atoms with van der Waals surface area (Å²) in [6, 6.07) is 36.5. The second-order valence-corrected chi connectivity index (χ2v) is 21.3. The van der Waals surface area contributed by atoms with Gasteiger partial charge in [-0.2, -0.15) is 0 Å². The molecule has 4 aliphatic carbocycles. The SMILES string of the molecule is CCCC1CCC(C2CCC(c3ccc(C(OC(c4ccc(C5CCC(C6CCC(CCC)CC6)CC5)cc4)c4ccccc4Br)c4ccccc4Br)cc3)CC2)CC1. The van der Waals surface area contributed by atoms with Gasteiger partial charge in [-0.05, 0) is 170 Å². The molecule has 0 spiro atoms. The summed E-state index contributed by atoms with van der Waals surface area (Å²) in [6.07, 6.45) is 28.0. The first kappa shape index (κ1) is 43.4. The van der Waals surface area contributed by atoms with E-state index in [4.69, 9.17) is 4.74 Å². The van der Waals surface area contributed by atoms with Crippen LogP contribution in [0.4, 0.5) is 0 Å². The third-order valence-electron chi connectivity index (χ3n) is 16.1. The van der Waals surface area contributed by atoms with E-state index >= 15 is 0 Å². The van der Waals surface area contributed by atoms with Crippen LogP contribution in [-0.4, -0.2) is 0 Å². The van der Waals surface area contributed by atoms with Gasteiger partial charge in [-0.1, -0.05) is 182 Å². The van der Waals surface area contributed by atoms with Crippen LogP contribution in [0.25, 0.3) is 0 Å². The molecule has 316 valence electrons. The number of benzene rings is 4. The molecule has 4 aliphatic rings. The van der Waals surface area contributed by atoms with Crippen LogP contribution in [0.1, 0.15) is 200 Å². The van der Waals surface area contributed by atoms with E-state index in [1.165, 1.54) is 162 Å². The maximum Gasteiger partial charge on any atom is 0.110 e. The van der Waals surface area contributed by atoms with Gasteiger partial charge < -0.3 is 4.74 Å². The number of ether oxygens (including phenoxy) is 1. The van der Waals surface area contributed by atoms with Gasteiger partial charge in [-0.25, -0.2) is 0 Å². The predicted octanol–water partition coefficient (Wildman–Crippen LogP) is 17.9. The molecule has 0 aromatic heterocycles. The molecule has 8 rings (SSSR count). The zero-order chi connectivity index (χ0) is 40.6. The summed E-state index contributed by atoms with van der Waals surface area (Å²) < 4.78 is 9.65. The highest BCUT2D eigenvalue weighted by Gasteiger charge is 2.33. The molecule has 2 unspecified atom stereocenters. The summed E-state index contributed by atoms with van der Waals surface area (Å²) in [7, 11) is 0. The molecule has 0 N–H and O–H groups in total. The predicted molar refractivity (Wildman–Crippen MR) is 256 cm³/mol. The van der Waals surface area contributed by atoms with E-state index in [9.17, 15) is 0 Å². The molecule has 4 saturated carbocycles. The number of rotatable bonds is 14. The van der Waals surface area contributed by atoms with E-state index in [1.54, 1.807) is 0 Å². The van der Waals surface area contributed by atoms with Gasteiger partial charge in [-0.15, -0.1) is 0 Å². The lowest BCUT2D eigenvalue weighted by Crippen LogP contribution is -2.25. The smallest absolute Gasteiger partial charge is 0.110 e. The summed E-state index contributed by atoms with van der Waals surface area (Å²) in [5.41, 5.74) is 7.77. The fourth-order valence-electron chi connectivity index (χ4n) is 12.6. The Morgan fingerprint density at radius 2 is 0.746 bits per heavy atom. The van der Waals surface area contributed by atoms with Crippen molar-refractivity contribution in [1.29, 1.82) is 0 Å². The Morgan fingerprint density at radius 3 is 1.07 bits per heavy atom. The van der Waals surface area contributed by atoms with Crippen LogP contribution in [0.2, 0.25) is 0 Å². The number of hydrogen-bond donors (Lipinski definition) is 0. The molecule has 3 heteroatoms. The van der Waals surface area contributed by atoms with Crippen molar-refractivity contribution in [3.8, 4) is 0 Å². The fourth-order valence-corrected chi connectivity index (χ4v) is 13.6. The van der Waals surface area contributed by atoms with Crippen LogP contribution in [0.3, 0.4) is 0 Å². The van der Waals surface area contributed by atoms with Crippen molar-refractivity contribution in [3.63, 3.8) is 0 Å². The monoisotopic (exact) mass is 918 g/mol. The van der Waals surface area contributed by atoms with E-state index in [0.29, 0.717) is 11.8 Å². The van der Waals surface area contributed by atoms with Gasteiger partial charge in [0, 0.05) is 8.95 Å². The molecule has 4 fully saturated rings. The summed E-state index contributed by atoms with van der Waals surface area (Å²) in [5, 5.41) is 0. The van der Waals surface area contributed by atoms with Crippen molar-refractivity contribution in [2.45, 2.75) is 166 Å². The molecule has 4 aromatic carbocycles. The second kappa shape index (κ2) is 21.3. The zero-order valence-electron chi connectivity index (χ0n) is 36.3. The third-order valence-corrected chi connectivity index (χ3v) is 17.6. The van der Waals surface area contributed by atoms with Crippen molar-refractivity contribution in [3.05, 3.63) is 139 Å². The lowest BCUT2D eigenvalue weighted by atomic mass is 9.68. The van der Waals surface area contributed by atoms with Gasteiger partial charge in [-0.3, -0.25) is 0 Å². The zero-order valence-corrected chi connectivity index (χ0v) is 39.5. The minimum Gasteiger partial charge on any atom is -0.356 e. The van der Waals surface area contributed by atoms with Gasteiger partial charge >= 0.3 is 0 Å². The molecule has 0 aliphatic heterocycles. The molecular formula is C56H72Br2O. The van der Waals surface area contributed by atoms with Crippen LogP contribution < -0.4 is 0 Å². The lowest BCUT2D eigenvalue weighted by molar-refractivity contribution is 0.0300. The van der Waals surface area contributed by atoms with Crippen molar-refractivity contribution in [1.82, 2.24) is 0 Å². The first-order valence-electron chi connectivity index (χ1n) is 24.3. The average molecular weight is 921 g/mol. The van der Waals surface area contributed by atoms with Crippen LogP contribution in [-0.2, 0) is 4.74 Å². The van der Waals surface area contributed by atoms with Crippen LogP contribution in [0.15, 0.2) is 106 Å². The third kappa shape index (κ3) is 10.9. The molecule has 0 saturated heterocycles. The van der Waals surface area contributed by atoms with Crippen molar-refractivity contribution in [2.75, 3.05) is 0 Å². The molecule has 1 nitrogen and oxygen atoms in total. The van der Waals surface area contributed by atoms with Crippen LogP contribution in [0, 0.1) is 35.5 Å². The normalized spacial score (nSPS) is 28.8. The summed E-state index contributed by atoms with van der Waals surface area (Å²) in [5.74, 6) is 7.21. The van der Waals surface area contributed by atoms with Gasteiger partial charge in [0.1, 0.15) is 12.2 Å². The van der Waals surface area contributed by atoms with Gasteiger partial charge in [0.2, 0.25) is 0 Å². The molecular weight excluding hydrogens is 848 g/mol. The van der Waals surface area contributed by atoms with E-state index in [0.717, 1.165) is 44.5 Å². The molecule has 0 bridgehead atoms. The summed E-state index contributed by atoms with van der Waals surface area (Å²) in [4.78, 5) is 0. The van der Waals surface area contributed by atoms with Crippen LogP contribution >= 0.6 is 31.9 Å². The Labute approximate surface area is 375 Å². The second-order valence-electron chi connectivity index (χ2n) is 19.6. The maximum absolute atomic E-state index is 7.48. The summed E-state index contributed by atoms with van der Waals surface area (Å²) in [6.45, 7) is 4.72. The fraction of sp³-hybridized carbons (Fsp3) is 0.571. The highest BCUT2D eigenvalue weighted by Crippen LogP contribution is 2.47.